The van der Waals surface area contributed by atoms with Crippen LogP contribution in [0, 0.1) is 6.92 Å². The van der Waals surface area contributed by atoms with Crippen molar-refractivity contribution in [1.82, 2.24) is 29.2 Å². The first-order valence-corrected chi connectivity index (χ1v) is 10.2. The van der Waals surface area contributed by atoms with Gasteiger partial charge in [0.25, 0.3) is 5.89 Å². The minimum Gasteiger partial charge on any atom is -0.344 e. The van der Waals surface area contributed by atoms with Crippen molar-refractivity contribution < 1.29 is 9.32 Å². The number of aromatic nitrogens is 5. The first-order chi connectivity index (χ1) is 15.0. The lowest BCUT2D eigenvalue weighted by Gasteiger charge is -2.15. The lowest BCUT2D eigenvalue weighted by atomic mass is 10.1. The topological polar surface area (TPSA) is 98.5 Å². The van der Waals surface area contributed by atoms with E-state index >= 15 is 0 Å². The van der Waals surface area contributed by atoms with Crippen molar-refractivity contribution in [2.24, 2.45) is 0 Å². The normalized spacial score (nSPS) is 11.2. The summed E-state index contributed by atoms with van der Waals surface area (Å²) in [5, 5.41) is 8.44. The third kappa shape index (κ3) is 4.11. The van der Waals surface area contributed by atoms with E-state index in [0.29, 0.717) is 23.6 Å². The molecule has 160 valence electrons. The highest BCUT2D eigenvalue weighted by Gasteiger charge is 2.19. The SMILES string of the molecule is CCCCN(C)C(=O)Cn1nc2c(-c3nc(-c4ccc(C)cc4)no3)cccn2c1=O. The maximum atomic E-state index is 12.8. The molecule has 4 rings (SSSR count). The number of hydrogen-bond donors (Lipinski definition) is 0. The average Bonchev–Trinajstić information content (AvgIpc) is 3.38. The number of pyridine rings is 1. The smallest absolute Gasteiger partial charge is 0.344 e. The molecule has 9 heteroatoms. The molecule has 0 saturated heterocycles. The van der Waals surface area contributed by atoms with E-state index in [4.69, 9.17) is 4.52 Å². The zero-order chi connectivity index (χ0) is 22.0. The second kappa shape index (κ2) is 8.55. The van der Waals surface area contributed by atoms with E-state index < -0.39 is 5.69 Å². The molecule has 0 spiro atoms. The van der Waals surface area contributed by atoms with Crippen molar-refractivity contribution >= 4 is 11.6 Å². The third-order valence-corrected chi connectivity index (χ3v) is 5.13. The number of amides is 1. The number of aryl methyl sites for hydroxylation is 1. The lowest BCUT2D eigenvalue weighted by molar-refractivity contribution is -0.130. The molecule has 9 nitrogen and oxygen atoms in total. The van der Waals surface area contributed by atoms with Gasteiger partial charge in [-0.3, -0.25) is 4.79 Å². The van der Waals surface area contributed by atoms with Crippen LogP contribution in [0.1, 0.15) is 25.3 Å². The Balaban J connectivity index is 1.66. The Bertz CT molecular complexity index is 1270. The first-order valence-electron chi connectivity index (χ1n) is 10.2. The van der Waals surface area contributed by atoms with Crippen LogP contribution in [0.3, 0.4) is 0 Å². The van der Waals surface area contributed by atoms with Gasteiger partial charge >= 0.3 is 5.69 Å². The predicted molar refractivity (Wildman–Crippen MR) is 115 cm³/mol. The minimum absolute atomic E-state index is 0.126. The summed E-state index contributed by atoms with van der Waals surface area (Å²) < 4.78 is 8.00. The van der Waals surface area contributed by atoms with Crippen molar-refractivity contribution in [3.63, 3.8) is 0 Å². The van der Waals surface area contributed by atoms with E-state index in [0.717, 1.165) is 24.0 Å². The van der Waals surface area contributed by atoms with Gasteiger partial charge in [-0.25, -0.2) is 13.9 Å². The van der Waals surface area contributed by atoms with Gasteiger partial charge in [-0.15, -0.1) is 5.10 Å². The van der Waals surface area contributed by atoms with Crippen LogP contribution in [0.4, 0.5) is 0 Å². The lowest BCUT2D eigenvalue weighted by Crippen LogP contribution is -2.34. The highest BCUT2D eigenvalue weighted by Crippen LogP contribution is 2.24. The zero-order valence-electron chi connectivity index (χ0n) is 17.8. The summed E-state index contributed by atoms with van der Waals surface area (Å²) in [6.45, 7) is 4.59. The average molecular weight is 420 g/mol. The Morgan fingerprint density at radius 3 is 2.71 bits per heavy atom. The second-order valence-electron chi connectivity index (χ2n) is 7.51. The number of fused-ring (bicyclic) bond motifs is 1. The van der Waals surface area contributed by atoms with Gasteiger partial charge in [0.05, 0.1) is 5.56 Å². The number of nitrogens with zero attached hydrogens (tertiary/aromatic N) is 6. The summed E-state index contributed by atoms with van der Waals surface area (Å²) in [5.41, 5.74) is 2.45. The molecule has 0 aliphatic rings. The van der Waals surface area contributed by atoms with E-state index in [-0.39, 0.29) is 18.3 Å². The van der Waals surface area contributed by atoms with Crippen molar-refractivity contribution in [3.05, 3.63) is 58.6 Å². The molecule has 3 aromatic heterocycles. The molecule has 3 heterocycles. The Hall–Kier alpha value is -3.75. The zero-order valence-corrected chi connectivity index (χ0v) is 17.8. The summed E-state index contributed by atoms with van der Waals surface area (Å²) in [6, 6.07) is 11.3. The highest BCUT2D eigenvalue weighted by molar-refractivity contribution is 5.76. The first kappa shape index (κ1) is 20.5. The molecule has 0 aliphatic heterocycles. The Morgan fingerprint density at radius 2 is 1.97 bits per heavy atom. The van der Waals surface area contributed by atoms with Gasteiger partial charge in [-0.05, 0) is 25.5 Å². The number of unbranched alkanes of at least 4 members (excludes halogenated alkanes) is 1. The molecule has 1 amide bonds. The molecule has 0 saturated carbocycles. The fraction of sp³-hybridized carbons (Fsp3) is 0.318. The van der Waals surface area contributed by atoms with Gasteiger partial charge in [0.15, 0.2) is 5.65 Å². The molecule has 0 unspecified atom stereocenters. The number of hydrogen-bond acceptors (Lipinski definition) is 6. The second-order valence-corrected chi connectivity index (χ2v) is 7.51. The maximum Gasteiger partial charge on any atom is 0.350 e. The number of benzene rings is 1. The fourth-order valence-electron chi connectivity index (χ4n) is 3.23. The van der Waals surface area contributed by atoms with Crippen molar-refractivity contribution in [2.75, 3.05) is 13.6 Å². The van der Waals surface area contributed by atoms with Crippen LogP contribution in [0.15, 0.2) is 51.9 Å². The van der Waals surface area contributed by atoms with Gasteiger partial charge < -0.3 is 9.42 Å². The van der Waals surface area contributed by atoms with Crippen LogP contribution in [-0.4, -0.2) is 48.7 Å². The molecule has 0 fully saturated rings. The Kier molecular flexibility index (Phi) is 5.66. The molecule has 4 aromatic rings. The van der Waals surface area contributed by atoms with Crippen molar-refractivity contribution in [3.8, 4) is 22.8 Å². The molecule has 31 heavy (non-hydrogen) atoms. The summed E-state index contributed by atoms with van der Waals surface area (Å²) >= 11 is 0. The van der Waals surface area contributed by atoms with Gasteiger partial charge in [-0.1, -0.05) is 48.3 Å². The number of rotatable bonds is 7. The van der Waals surface area contributed by atoms with Crippen LogP contribution < -0.4 is 5.69 Å². The molecule has 0 atom stereocenters. The van der Waals surface area contributed by atoms with Crippen LogP contribution in [0.2, 0.25) is 0 Å². The molecule has 1 aromatic carbocycles. The van der Waals surface area contributed by atoms with Crippen LogP contribution in [0.25, 0.3) is 28.5 Å². The third-order valence-electron chi connectivity index (χ3n) is 5.13. The molecular weight excluding hydrogens is 396 g/mol. The molecule has 0 N–H and O–H groups in total. The van der Waals surface area contributed by atoms with E-state index in [1.54, 1.807) is 30.3 Å². The van der Waals surface area contributed by atoms with E-state index in [2.05, 4.69) is 22.2 Å². The summed E-state index contributed by atoms with van der Waals surface area (Å²) in [7, 11) is 1.73. The fourth-order valence-corrected chi connectivity index (χ4v) is 3.23. The number of likely N-dealkylation sites (N-methyl/N-ethyl adjacent to an activating group) is 1. The maximum absolute atomic E-state index is 12.8. The molecule has 0 bridgehead atoms. The van der Waals surface area contributed by atoms with Crippen molar-refractivity contribution in [2.45, 2.75) is 33.2 Å². The number of carbonyl (C=O) groups excluding carboxylic acids is 1. The van der Waals surface area contributed by atoms with Gasteiger partial charge in [-0.2, -0.15) is 4.98 Å². The van der Waals surface area contributed by atoms with Crippen LogP contribution in [-0.2, 0) is 11.3 Å². The molecule has 0 aliphatic carbocycles. The highest BCUT2D eigenvalue weighted by atomic mass is 16.5. The summed E-state index contributed by atoms with van der Waals surface area (Å²) in [6.07, 6.45) is 3.50. The van der Waals surface area contributed by atoms with Gasteiger partial charge in [0, 0.05) is 25.4 Å². The van der Waals surface area contributed by atoms with Crippen molar-refractivity contribution in [1.29, 1.82) is 0 Å². The van der Waals surface area contributed by atoms with E-state index in [1.807, 2.05) is 31.2 Å². The molecule has 0 radical (unpaired) electrons. The predicted octanol–water partition coefficient (Wildman–Crippen LogP) is 2.78. The van der Waals surface area contributed by atoms with Gasteiger partial charge in [0.1, 0.15) is 6.54 Å². The van der Waals surface area contributed by atoms with Crippen LogP contribution >= 0.6 is 0 Å². The Morgan fingerprint density at radius 1 is 1.19 bits per heavy atom. The van der Waals surface area contributed by atoms with Gasteiger partial charge in [0.2, 0.25) is 11.7 Å². The van der Waals surface area contributed by atoms with E-state index in [1.165, 1.54) is 9.08 Å². The largest absolute Gasteiger partial charge is 0.350 e. The summed E-state index contributed by atoms with van der Waals surface area (Å²) in [5.74, 6) is 0.538. The summed E-state index contributed by atoms with van der Waals surface area (Å²) in [4.78, 5) is 31.3. The standard InChI is InChI=1S/C22H24N6O3/c1-4-5-12-26(3)18(29)14-28-22(30)27-13-6-7-17(20(27)24-28)21-23-19(25-31-21)16-10-8-15(2)9-11-16/h6-11,13H,4-5,12,14H2,1-3H3. The van der Waals surface area contributed by atoms with Crippen LogP contribution in [0.5, 0.6) is 0 Å². The monoisotopic (exact) mass is 420 g/mol. The van der Waals surface area contributed by atoms with E-state index in [9.17, 15) is 9.59 Å². The Labute approximate surface area is 178 Å². The number of carbonyl (C=O) groups is 1. The minimum atomic E-state index is -0.396. The quantitative estimate of drug-likeness (QED) is 0.456. The molecular formula is C22H24N6O3.